The van der Waals surface area contributed by atoms with Gasteiger partial charge in [0.15, 0.2) is 0 Å². The van der Waals surface area contributed by atoms with Crippen molar-refractivity contribution in [3.8, 4) is 11.2 Å². The van der Waals surface area contributed by atoms with Crippen LogP contribution < -0.4 is 4.74 Å². The molecule has 0 aliphatic heterocycles. The van der Waals surface area contributed by atoms with Gasteiger partial charge in [0, 0.05) is 5.75 Å². The number of benzene rings is 2. The van der Waals surface area contributed by atoms with Gasteiger partial charge < -0.3 is 4.74 Å². The Morgan fingerprint density at radius 1 is 1.18 bits per heavy atom. The molecular weight excluding hydrogens is 290 g/mol. The molecule has 2 nitrogen and oxygen atoms in total. The Labute approximate surface area is 137 Å². The summed E-state index contributed by atoms with van der Waals surface area (Å²) >= 11 is 1.33. The molecule has 1 unspecified atom stereocenters. The second-order valence-electron chi connectivity index (χ2n) is 5.42. The lowest BCUT2D eigenvalue weighted by molar-refractivity contribution is 0.306. The molecule has 0 fully saturated rings. The topological polar surface area (TPSA) is 33.0 Å². The highest BCUT2D eigenvalue weighted by Gasteiger charge is 2.09. The van der Waals surface area contributed by atoms with Crippen LogP contribution in [0.4, 0.5) is 0 Å². The fourth-order valence-electron chi connectivity index (χ4n) is 2.47. The van der Waals surface area contributed by atoms with Gasteiger partial charge in [0.2, 0.25) is 0 Å². The summed E-state index contributed by atoms with van der Waals surface area (Å²) in [5, 5.41) is 10.7. The van der Waals surface area contributed by atoms with E-state index in [4.69, 9.17) is 10.00 Å². The Balaban J connectivity index is 1.95. The SMILES string of the molecule is Cc1cc(OCc2ccccc2)ccc1C(C)CCSC#N. The van der Waals surface area contributed by atoms with Crippen LogP contribution in [0.25, 0.3) is 0 Å². The van der Waals surface area contributed by atoms with Gasteiger partial charge >= 0.3 is 0 Å². The standard InChI is InChI=1S/C19H21NOS/c1-15(10-11-22-14-20)19-9-8-18(12-16(19)2)21-13-17-6-4-3-5-7-17/h3-9,12,15H,10-11,13H2,1-2H3. The number of hydrogen-bond donors (Lipinski definition) is 0. The van der Waals surface area contributed by atoms with Crippen molar-refractivity contribution < 1.29 is 4.74 Å². The van der Waals surface area contributed by atoms with E-state index in [9.17, 15) is 0 Å². The zero-order valence-electron chi connectivity index (χ0n) is 13.1. The van der Waals surface area contributed by atoms with E-state index in [2.05, 4.69) is 43.5 Å². The van der Waals surface area contributed by atoms with E-state index in [0.29, 0.717) is 12.5 Å². The van der Waals surface area contributed by atoms with E-state index < -0.39 is 0 Å². The highest BCUT2D eigenvalue weighted by Crippen LogP contribution is 2.27. The molecule has 0 heterocycles. The van der Waals surface area contributed by atoms with Gasteiger partial charge in [-0.3, -0.25) is 0 Å². The fraction of sp³-hybridized carbons (Fsp3) is 0.316. The Morgan fingerprint density at radius 3 is 2.64 bits per heavy atom. The first-order valence-corrected chi connectivity index (χ1v) is 8.47. The summed E-state index contributed by atoms with van der Waals surface area (Å²) < 4.78 is 5.86. The number of rotatable bonds is 7. The van der Waals surface area contributed by atoms with E-state index in [1.165, 1.54) is 28.5 Å². The number of thioether (sulfide) groups is 1. The molecule has 0 spiro atoms. The first-order valence-electron chi connectivity index (χ1n) is 7.49. The quantitative estimate of drug-likeness (QED) is 0.515. The summed E-state index contributed by atoms with van der Waals surface area (Å²) in [5.74, 6) is 2.25. The average molecular weight is 311 g/mol. The van der Waals surface area contributed by atoms with Gasteiger partial charge in [0.25, 0.3) is 0 Å². The second-order valence-corrected chi connectivity index (χ2v) is 6.30. The van der Waals surface area contributed by atoms with E-state index in [-0.39, 0.29) is 0 Å². The van der Waals surface area contributed by atoms with Crippen molar-refractivity contribution in [2.75, 3.05) is 5.75 Å². The van der Waals surface area contributed by atoms with Gasteiger partial charge in [-0.15, -0.1) is 0 Å². The predicted octanol–water partition coefficient (Wildman–Crippen LogP) is 5.28. The predicted molar refractivity (Wildman–Crippen MR) is 93.1 cm³/mol. The Morgan fingerprint density at radius 2 is 1.95 bits per heavy atom. The molecule has 22 heavy (non-hydrogen) atoms. The molecule has 3 heteroatoms. The molecule has 0 saturated carbocycles. The first-order chi connectivity index (χ1) is 10.7. The number of thiocyanates is 1. The van der Waals surface area contributed by atoms with Crippen molar-refractivity contribution in [3.05, 3.63) is 65.2 Å². The smallest absolute Gasteiger partial charge is 0.133 e. The molecule has 2 aromatic carbocycles. The maximum absolute atomic E-state index is 8.59. The van der Waals surface area contributed by atoms with Gasteiger partial charge in [-0.1, -0.05) is 43.3 Å². The van der Waals surface area contributed by atoms with Crippen LogP contribution >= 0.6 is 11.8 Å². The number of hydrogen-bond acceptors (Lipinski definition) is 3. The van der Waals surface area contributed by atoms with Crippen molar-refractivity contribution in [2.24, 2.45) is 0 Å². The zero-order valence-corrected chi connectivity index (χ0v) is 13.9. The summed E-state index contributed by atoms with van der Waals surface area (Å²) in [6, 6.07) is 16.5. The Bertz CT molecular complexity index is 634. The summed E-state index contributed by atoms with van der Waals surface area (Å²) in [4.78, 5) is 0. The first kappa shape index (κ1) is 16.5. The van der Waals surface area contributed by atoms with Crippen LogP contribution in [-0.2, 0) is 6.61 Å². The second kappa shape index (κ2) is 8.51. The molecule has 0 aromatic heterocycles. The molecule has 0 N–H and O–H groups in total. The molecule has 0 saturated heterocycles. The molecule has 0 aliphatic rings. The summed E-state index contributed by atoms with van der Waals surface area (Å²) in [5.41, 5.74) is 3.76. The third kappa shape index (κ3) is 4.82. The number of nitriles is 1. The lowest BCUT2D eigenvalue weighted by atomic mass is 9.94. The Hall–Kier alpha value is -1.92. The largest absolute Gasteiger partial charge is 0.489 e. The Kier molecular flexibility index (Phi) is 6.36. The maximum atomic E-state index is 8.59. The van der Waals surface area contributed by atoms with Crippen molar-refractivity contribution in [3.63, 3.8) is 0 Å². The van der Waals surface area contributed by atoms with Crippen LogP contribution in [0.2, 0.25) is 0 Å². The molecule has 0 aliphatic carbocycles. The molecule has 0 amide bonds. The van der Waals surface area contributed by atoms with Gasteiger partial charge in [-0.25, -0.2) is 0 Å². The molecule has 2 aromatic rings. The normalized spacial score (nSPS) is 11.7. The number of nitrogens with zero attached hydrogens (tertiary/aromatic N) is 1. The summed E-state index contributed by atoms with van der Waals surface area (Å²) in [6.45, 7) is 4.93. The van der Waals surface area contributed by atoms with Crippen molar-refractivity contribution in [1.29, 1.82) is 5.26 Å². The lowest BCUT2D eigenvalue weighted by Crippen LogP contribution is -2.00. The van der Waals surface area contributed by atoms with Crippen LogP contribution in [0.5, 0.6) is 5.75 Å². The average Bonchev–Trinajstić information content (AvgIpc) is 2.54. The van der Waals surface area contributed by atoms with E-state index in [1.54, 1.807) is 0 Å². The van der Waals surface area contributed by atoms with E-state index >= 15 is 0 Å². The van der Waals surface area contributed by atoms with Crippen molar-refractivity contribution in [2.45, 2.75) is 32.8 Å². The molecule has 114 valence electrons. The molecule has 0 radical (unpaired) electrons. The van der Waals surface area contributed by atoms with Crippen molar-refractivity contribution in [1.82, 2.24) is 0 Å². The minimum Gasteiger partial charge on any atom is -0.489 e. The maximum Gasteiger partial charge on any atom is 0.133 e. The monoisotopic (exact) mass is 311 g/mol. The minimum absolute atomic E-state index is 0.462. The molecule has 0 bridgehead atoms. The third-order valence-corrected chi connectivity index (χ3v) is 4.31. The highest BCUT2D eigenvalue weighted by molar-refractivity contribution is 8.03. The number of ether oxygens (including phenoxy) is 1. The fourth-order valence-corrected chi connectivity index (χ4v) is 3.03. The van der Waals surface area contributed by atoms with Gasteiger partial charge in [0.05, 0.1) is 0 Å². The van der Waals surface area contributed by atoms with Crippen LogP contribution in [0.3, 0.4) is 0 Å². The molecule has 1 atom stereocenters. The zero-order chi connectivity index (χ0) is 15.8. The summed E-state index contributed by atoms with van der Waals surface area (Å²) in [6.07, 6.45) is 1.02. The lowest BCUT2D eigenvalue weighted by Gasteiger charge is -2.15. The van der Waals surface area contributed by atoms with Crippen LogP contribution in [-0.4, -0.2) is 5.75 Å². The summed E-state index contributed by atoms with van der Waals surface area (Å²) in [7, 11) is 0. The van der Waals surface area contributed by atoms with Gasteiger partial charge in [0.1, 0.15) is 17.8 Å². The van der Waals surface area contributed by atoms with Gasteiger partial charge in [-0.05, 0) is 59.8 Å². The minimum atomic E-state index is 0.462. The highest BCUT2D eigenvalue weighted by atomic mass is 32.2. The van der Waals surface area contributed by atoms with Gasteiger partial charge in [-0.2, -0.15) is 5.26 Å². The van der Waals surface area contributed by atoms with Crippen molar-refractivity contribution >= 4 is 11.8 Å². The van der Waals surface area contributed by atoms with E-state index in [1.807, 2.05) is 24.3 Å². The number of aryl methyl sites for hydroxylation is 1. The molecular formula is C19H21NOS. The third-order valence-electron chi connectivity index (χ3n) is 3.74. The van der Waals surface area contributed by atoms with E-state index in [0.717, 1.165) is 17.9 Å². The van der Waals surface area contributed by atoms with Crippen LogP contribution in [0, 0.1) is 17.6 Å². The van der Waals surface area contributed by atoms with Crippen LogP contribution in [0.15, 0.2) is 48.5 Å². The molecule has 2 rings (SSSR count). The van der Waals surface area contributed by atoms with Crippen LogP contribution in [0.1, 0.15) is 36.0 Å².